The molecule has 1 amide bonds. The number of carbonyl (C=O) groups is 2. The molecule has 27 heavy (non-hydrogen) atoms. The number of allylic oxidation sites excluding steroid dienone is 4. The van der Waals surface area contributed by atoms with Crippen LogP contribution in [0, 0.1) is 0 Å². The quantitative estimate of drug-likeness (QED) is 0.493. The number of carbonyl (C=O) groups excluding carboxylic acids is 2. The molecule has 9 heteroatoms. The fraction of sp³-hybridized carbons (Fsp3) is 0.556. The molecule has 0 aromatic heterocycles. The highest BCUT2D eigenvalue weighted by molar-refractivity contribution is 8.00. The van der Waals surface area contributed by atoms with Gasteiger partial charge in [-0.05, 0) is 37.7 Å². The van der Waals surface area contributed by atoms with Gasteiger partial charge in [-0.1, -0.05) is 18.7 Å². The van der Waals surface area contributed by atoms with E-state index >= 15 is 0 Å². The molecule has 0 aromatic carbocycles. The summed E-state index contributed by atoms with van der Waals surface area (Å²) in [4.78, 5) is 22.9. The smallest absolute Gasteiger partial charge is 0.471 e. The molecule has 5 nitrogen and oxygen atoms in total. The molecule has 1 heterocycles. The van der Waals surface area contributed by atoms with Crippen molar-refractivity contribution in [2.45, 2.75) is 43.7 Å². The van der Waals surface area contributed by atoms with Gasteiger partial charge in [-0.2, -0.15) is 13.2 Å². The third-order valence-corrected chi connectivity index (χ3v) is 4.69. The van der Waals surface area contributed by atoms with Gasteiger partial charge in [-0.3, -0.25) is 9.59 Å². The molecule has 1 fully saturated rings. The van der Waals surface area contributed by atoms with Crippen molar-refractivity contribution in [1.29, 1.82) is 0 Å². The van der Waals surface area contributed by atoms with Crippen molar-refractivity contribution in [3.8, 4) is 0 Å². The zero-order valence-electron chi connectivity index (χ0n) is 15.3. The molecule has 0 spiro atoms. The Morgan fingerprint density at radius 3 is 2.74 bits per heavy atom. The van der Waals surface area contributed by atoms with Crippen LogP contribution in [-0.4, -0.2) is 48.8 Å². The van der Waals surface area contributed by atoms with Gasteiger partial charge in [0.15, 0.2) is 0 Å². The van der Waals surface area contributed by atoms with Crippen molar-refractivity contribution in [3.05, 3.63) is 36.1 Å². The number of thioether (sulfide) groups is 1. The molecule has 0 saturated carbocycles. The Labute approximate surface area is 161 Å². The number of hydrogen-bond donors (Lipinski definition) is 1. The van der Waals surface area contributed by atoms with E-state index in [1.165, 1.54) is 11.8 Å². The fourth-order valence-corrected chi connectivity index (χ4v) is 3.15. The molecule has 1 saturated heterocycles. The number of hydrogen-bond acceptors (Lipinski definition) is 5. The van der Waals surface area contributed by atoms with Crippen molar-refractivity contribution in [3.63, 3.8) is 0 Å². The molecule has 0 radical (unpaired) electrons. The van der Waals surface area contributed by atoms with Crippen LogP contribution < -0.4 is 5.32 Å². The van der Waals surface area contributed by atoms with E-state index in [9.17, 15) is 22.8 Å². The first kappa shape index (κ1) is 23.1. The first-order valence-corrected chi connectivity index (χ1v) is 9.76. The lowest BCUT2D eigenvalue weighted by atomic mass is 10.1. The second kappa shape index (κ2) is 11.1. The number of ether oxygens (including phenoxy) is 2. The van der Waals surface area contributed by atoms with Gasteiger partial charge < -0.3 is 14.8 Å². The van der Waals surface area contributed by atoms with E-state index < -0.39 is 23.4 Å². The van der Waals surface area contributed by atoms with Gasteiger partial charge in [-0.25, -0.2) is 0 Å². The summed E-state index contributed by atoms with van der Waals surface area (Å²) in [5.41, 5.74) is 0.643. The van der Waals surface area contributed by atoms with Gasteiger partial charge in [-0.15, -0.1) is 11.8 Å². The fourth-order valence-electron chi connectivity index (χ4n) is 2.45. The summed E-state index contributed by atoms with van der Waals surface area (Å²) in [7, 11) is 0. The number of alkyl halides is 3. The molecule has 0 aromatic rings. The molecule has 2 atom stereocenters. The Kier molecular flexibility index (Phi) is 9.48. The van der Waals surface area contributed by atoms with Gasteiger partial charge in [0.1, 0.15) is 11.4 Å². The standard InChI is InChI=1S/C18H24F3NO4S/c1-4-12(15(27-3)16(23)25-5-2)9-10-13-7-6-8-14(26-13)11-22-17(24)18(19,20)21/h4,9-10,14-15H,1,5-8,11H2,2-3H3,(H,22,24)/b12-9+,13-10+. The number of esters is 1. The van der Waals surface area contributed by atoms with E-state index in [4.69, 9.17) is 9.47 Å². The van der Waals surface area contributed by atoms with Gasteiger partial charge >= 0.3 is 18.1 Å². The van der Waals surface area contributed by atoms with Crippen molar-refractivity contribution in [2.75, 3.05) is 19.4 Å². The summed E-state index contributed by atoms with van der Waals surface area (Å²) >= 11 is 1.31. The number of nitrogens with one attached hydrogen (secondary N) is 1. The van der Waals surface area contributed by atoms with Crippen LogP contribution in [0.5, 0.6) is 0 Å². The molecule has 1 rings (SSSR count). The van der Waals surface area contributed by atoms with E-state index in [1.807, 2.05) is 5.32 Å². The van der Waals surface area contributed by atoms with Crippen LogP contribution >= 0.6 is 11.8 Å². The Morgan fingerprint density at radius 1 is 1.48 bits per heavy atom. The van der Waals surface area contributed by atoms with Gasteiger partial charge in [0.25, 0.3) is 0 Å². The summed E-state index contributed by atoms with van der Waals surface area (Å²) in [5, 5.41) is 1.31. The lowest BCUT2D eigenvalue weighted by Gasteiger charge is -2.26. The third-order valence-electron chi connectivity index (χ3n) is 3.75. The minimum absolute atomic E-state index is 0.218. The molecule has 1 N–H and O–H groups in total. The van der Waals surface area contributed by atoms with Crippen LogP contribution in [0.4, 0.5) is 13.2 Å². The number of rotatable bonds is 8. The van der Waals surface area contributed by atoms with Gasteiger partial charge in [0, 0.05) is 6.42 Å². The van der Waals surface area contributed by atoms with Crippen LogP contribution in [-0.2, 0) is 19.1 Å². The van der Waals surface area contributed by atoms with E-state index in [0.29, 0.717) is 24.2 Å². The van der Waals surface area contributed by atoms with Crippen molar-refractivity contribution in [2.24, 2.45) is 0 Å². The Bertz CT molecular complexity index is 602. The average Bonchev–Trinajstić information content (AvgIpc) is 2.62. The predicted molar refractivity (Wildman–Crippen MR) is 98.1 cm³/mol. The van der Waals surface area contributed by atoms with Crippen molar-refractivity contribution >= 4 is 23.6 Å². The predicted octanol–water partition coefficient (Wildman–Crippen LogP) is 3.53. The monoisotopic (exact) mass is 407 g/mol. The zero-order valence-corrected chi connectivity index (χ0v) is 16.1. The minimum atomic E-state index is -4.91. The number of halogens is 3. The first-order chi connectivity index (χ1) is 12.7. The van der Waals surface area contributed by atoms with E-state index in [1.54, 1.807) is 31.4 Å². The van der Waals surface area contributed by atoms with Crippen LogP contribution in [0.3, 0.4) is 0 Å². The second-order valence-corrected chi connectivity index (χ2v) is 6.65. The average molecular weight is 407 g/mol. The van der Waals surface area contributed by atoms with Gasteiger partial charge in [0.05, 0.1) is 18.9 Å². The van der Waals surface area contributed by atoms with Crippen LogP contribution in [0.15, 0.2) is 36.1 Å². The normalized spacial score (nSPS) is 20.6. The summed E-state index contributed by atoms with van der Waals surface area (Å²) in [6.07, 6.45) is 3.15. The van der Waals surface area contributed by atoms with Gasteiger partial charge in [0.2, 0.25) is 0 Å². The SMILES string of the molecule is C=C/C(=C\C=C1/CCCC(CNC(=O)C(F)(F)F)O1)C(SC)C(=O)OCC. The largest absolute Gasteiger partial charge is 0.493 e. The lowest BCUT2D eigenvalue weighted by Crippen LogP contribution is -2.42. The van der Waals surface area contributed by atoms with E-state index in [-0.39, 0.29) is 19.1 Å². The molecule has 0 aliphatic carbocycles. The summed E-state index contributed by atoms with van der Waals surface area (Å²) in [6.45, 7) is 5.49. The molecular formula is C18H24F3NO4S. The highest BCUT2D eigenvalue weighted by atomic mass is 32.2. The zero-order chi connectivity index (χ0) is 20.4. The van der Waals surface area contributed by atoms with Crippen LogP contribution in [0.1, 0.15) is 26.2 Å². The maximum absolute atomic E-state index is 12.2. The Balaban J connectivity index is 2.75. The highest BCUT2D eigenvalue weighted by Gasteiger charge is 2.38. The van der Waals surface area contributed by atoms with Crippen molar-refractivity contribution < 1.29 is 32.2 Å². The molecule has 1 aliphatic heterocycles. The Morgan fingerprint density at radius 2 is 2.19 bits per heavy atom. The summed E-state index contributed by atoms with van der Waals surface area (Å²) < 4.78 is 47.4. The summed E-state index contributed by atoms with van der Waals surface area (Å²) in [5.74, 6) is -1.77. The van der Waals surface area contributed by atoms with E-state index in [0.717, 1.165) is 6.42 Å². The van der Waals surface area contributed by atoms with E-state index in [2.05, 4.69) is 6.58 Å². The molecule has 0 bridgehead atoms. The second-order valence-electron chi connectivity index (χ2n) is 5.71. The van der Waals surface area contributed by atoms with Crippen molar-refractivity contribution in [1.82, 2.24) is 5.32 Å². The van der Waals surface area contributed by atoms with Crippen LogP contribution in [0.2, 0.25) is 0 Å². The molecular weight excluding hydrogens is 383 g/mol. The molecule has 2 unspecified atom stereocenters. The summed E-state index contributed by atoms with van der Waals surface area (Å²) in [6, 6.07) is 0. The lowest BCUT2D eigenvalue weighted by molar-refractivity contribution is -0.174. The minimum Gasteiger partial charge on any atom is -0.493 e. The van der Waals surface area contributed by atoms with Crippen LogP contribution in [0.25, 0.3) is 0 Å². The molecule has 152 valence electrons. The number of amides is 1. The third kappa shape index (κ3) is 7.70. The maximum Gasteiger partial charge on any atom is 0.471 e. The topological polar surface area (TPSA) is 64.6 Å². The maximum atomic E-state index is 12.2. The molecule has 1 aliphatic rings. The highest BCUT2D eigenvalue weighted by Crippen LogP contribution is 2.24. The first-order valence-electron chi connectivity index (χ1n) is 8.47. The Hall–Kier alpha value is -1.90.